The van der Waals surface area contributed by atoms with E-state index in [-0.39, 0.29) is 24.2 Å². The molecular weight excluding hydrogens is 429 g/mol. The Kier molecular flexibility index (Phi) is 6.86. The van der Waals surface area contributed by atoms with Gasteiger partial charge >= 0.3 is 0 Å². The number of carbonyl (C=O) groups excluding carboxylic acids is 2. The van der Waals surface area contributed by atoms with Crippen LogP contribution in [0, 0.1) is 17.7 Å². The summed E-state index contributed by atoms with van der Waals surface area (Å²) in [5, 5.41) is 9.48. The number of halogens is 4. The molecule has 1 atom stereocenters. The minimum atomic E-state index is -2.94. The van der Waals surface area contributed by atoms with E-state index in [9.17, 15) is 28.0 Å². The van der Waals surface area contributed by atoms with Crippen LogP contribution in [0.5, 0.6) is 0 Å². The lowest BCUT2D eigenvalue weighted by molar-refractivity contribution is -0.154. The van der Waals surface area contributed by atoms with Crippen molar-refractivity contribution < 1.29 is 28.0 Å². The van der Waals surface area contributed by atoms with Crippen molar-refractivity contribution in [3.05, 3.63) is 11.1 Å². The van der Waals surface area contributed by atoms with Gasteiger partial charge in [0.2, 0.25) is 23.4 Å². The number of amides is 2. The molecule has 1 aromatic heterocycles. The number of alkyl halides is 2. The van der Waals surface area contributed by atoms with Crippen molar-refractivity contribution in [1.29, 1.82) is 0 Å². The maximum Gasteiger partial charge on any atom is 0.282 e. The SMILES string of the molecule is O=CN(O)C[C@@H](CC1CCCC1)C(=O)NNc1nc(Cl)nc(N2CC(F)(F)C2)c1F. The molecule has 166 valence electrons. The minimum Gasteiger partial charge on any atom is -0.342 e. The van der Waals surface area contributed by atoms with Gasteiger partial charge in [0.05, 0.1) is 25.6 Å². The molecule has 1 aromatic rings. The number of hydrogen-bond donors (Lipinski definition) is 3. The summed E-state index contributed by atoms with van der Waals surface area (Å²) in [7, 11) is 0. The van der Waals surface area contributed by atoms with Crippen molar-refractivity contribution >= 4 is 35.6 Å². The van der Waals surface area contributed by atoms with Gasteiger partial charge in [-0.15, -0.1) is 0 Å². The van der Waals surface area contributed by atoms with Gasteiger partial charge in [-0.25, -0.2) is 13.8 Å². The molecule has 1 aliphatic heterocycles. The van der Waals surface area contributed by atoms with Gasteiger partial charge in [0.15, 0.2) is 11.6 Å². The molecule has 0 aromatic carbocycles. The quantitative estimate of drug-likeness (QED) is 0.229. The third-order valence-corrected chi connectivity index (χ3v) is 5.42. The van der Waals surface area contributed by atoms with Crippen molar-refractivity contribution in [1.82, 2.24) is 20.5 Å². The van der Waals surface area contributed by atoms with Crippen LogP contribution in [-0.4, -0.2) is 58.1 Å². The lowest BCUT2D eigenvalue weighted by Crippen LogP contribution is -2.57. The van der Waals surface area contributed by atoms with Gasteiger partial charge in [-0.1, -0.05) is 25.7 Å². The van der Waals surface area contributed by atoms with E-state index in [2.05, 4.69) is 20.8 Å². The van der Waals surface area contributed by atoms with Crippen molar-refractivity contribution in [3.8, 4) is 0 Å². The first-order valence-corrected chi connectivity index (χ1v) is 9.89. The van der Waals surface area contributed by atoms with Crippen LogP contribution in [0.15, 0.2) is 0 Å². The van der Waals surface area contributed by atoms with Gasteiger partial charge in [-0.2, -0.15) is 14.4 Å². The highest BCUT2D eigenvalue weighted by Gasteiger charge is 2.46. The molecular formula is C17H22ClF3N6O3. The molecule has 0 bridgehead atoms. The lowest BCUT2D eigenvalue weighted by Gasteiger charge is -2.39. The van der Waals surface area contributed by atoms with Gasteiger partial charge in [-0.05, 0) is 23.9 Å². The van der Waals surface area contributed by atoms with Crippen LogP contribution in [0.1, 0.15) is 32.1 Å². The topological polar surface area (TPSA) is 111 Å². The molecule has 1 aliphatic carbocycles. The molecule has 2 heterocycles. The fourth-order valence-electron chi connectivity index (χ4n) is 3.77. The van der Waals surface area contributed by atoms with E-state index >= 15 is 0 Å². The zero-order valence-electron chi connectivity index (χ0n) is 16.0. The second-order valence-electron chi connectivity index (χ2n) is 7.62. The Labute approximate surface area is 175 Å². The number of hydrazine groups is 1. The number of nitrogens with one attached hydrogen (secondary N) is 2. The van der Waals surface area contributed by atoms with Gasteiger partial charge in [-0.3, -0.25) is 25.6 Å². The van der Waals surface area contributed by atoms with Crippen molar-refractivity contribution in [2.75, 3.05) is 30.0 Å². The van der Waals surface area contributed by atoms with Crippen LogP contribution < -0.4 is 15.8 Å². The summed E-state index contributed by atoms with van der Waals surface area (Å²) in [6.45, 7) is -1.64. The Balaban J connectivity index is 1.66. The highest BCUT2D eigenvalue weighted by molar-refractivity contribution is 6.28. The Hall–Kier alpha value is -2.34. The predicted molar refractivity (Wildman–Crippen MR) is 101 cm³/mol. The van der Waals surface area contributed by atoms with E-state index in [4.69, 9.17) is 11.6 Å². The summed E-state index contributed by atoms with van der Waals surface area (Å²) in [5.74, 6) is -5.91. The number of rotatable bonds is 9. The average Bonchev–Trinajstić information content (AvgIpc) is 3.18. The van der Waals surface area contributed by atoms with Crippen LogP contribution in [0.4, 0.5) is 24.8 Å². The van der Waals surface area contributed by atoms with Crippen molar-refractivity contribution in [2.45, 2.75) is 38.0 Å². The zero-order valence-corrected chi connectivity index (χ0v) is 16.7. The summed E-state index contributed by atoms with van der Waals surface area (Å²) < 4.78 is 40.8. The number of aromatic nitrogens is 2. The minimum absolute atomic E-state index is 0.196. The maximum absolute atomic E-state index is 14.6. The normalized spacial score (nSPS) is 19.2. The predicted octanol–water partition coefficient (Wildman–Crippen LogP) is 2.21. The summed E-state index contributed by atoms with van der Waals surface area (Å²) in [5.41, 5.74) is 4.59. The van der Waals surface area contributed by atoms with Crippen molar-refractivity contribution in [3.63, 3.8) is 0 Å². The molecule has 0 spiro atoms. The molecule has 13 heteroatoms. The van der Waals surface area contributed by atoms with E-state index < -0.39 is 48.3 Å². The molecule has 9 nitrogen and oxygen atoms in total. The summed E-state index contributed by atoms with van der Waals surface area (Å²) in [6, 6.07) is 0. The Morgan fingerprint density at radius 3 is 2.63 bits per heavy atom. The van der Waals surface area contributed by atoms with Gasteiger partial charge in [0.1, 0.15) is 0 Å². The highest BCUT2D eigenvalue weighted by Crippen LogP contribution is 2.34. The molecule has 2 fully saturated rings. The van der Waals surface area contributed by atoms with Crippen LogP contribution in [-0.2, 0) is 9.59 Å². The van der Waals surface area contributed by atoms with E-state index in [0.717, 1.165) is 30.6 Å². The molecule has 1 saturated heterocycles. The van der Waals surface area contributed by atoms with Crippen LogP contribution in [0.25, 0.3) is 0 Å². The Morgan fingerprint density at radius 1 is 1.37 bits per heavy atom. The summed E-state index contributed by atoms with van der Waals surface area (Å²) in [4.78, 5) is 31.6. The van der Waals surface area contributed by atoms with Crippen LogP contribution in [0.3, 0.4) is 0 Å². The number of hydrogen-bond acceptors (Lipinski definition) is 7. The first-order valence-electron chi connectivity index (χ1n) is 9.51. The zero-order chi connectivity index (χ0) is 21.9. The van der Waals surface area contributed by atoms with Gasteiger partial charge in [0, 0.05) is 0 Å². The molecule has 3 rings (SSSR count). The first kappa shape index (κ1) is 22.3. The largest absolute Gasteiger partial charge is 0.342 e. The van der Waals surface area contributed by atoms with E-state index in [1.54, 1.807) is 0 Å². The van der Waals surface area contributed by atoms with Gasteiger partial charge in [0.25, 0.3) is 5.92 Å². The van der Waals surface area contributed by atoms with E-state index in [0.29, 0.717) is 11.5 Å². The lowest BCUT2D eigenvalue weighted by atomic mass is 9.92. The molecule has 3 N–H and O–H groups in total. The molecule has 0 unspecified atom stereocenters. The third-order valence-electron chi connectivity index (χ3n) is 5.25. The summed E-state index contributed by atoms with van der Waals surface area (Å²) >= 11 is 5.76. The van der Waals surface area contributed by atoms with Crippen LogP contribution in [0.2, 0.25) is 5.28 Å². The second-order valence-corrected chi connectivity index (χ2v) is 7.95. The Bertz CT molecular complexity index is 788. The smallest absolute Gasteiger partial charge is 0.282 e. The molecule has 2 aliphatic rings. The maximum atomic E-state index is 14.6. The first-order chi connectivity index (χ1) is 14.2. The Morgan fingerprint density at radius 2 is 2.03 bits per heavy atom. The number of anilines is 2. The second kappa shape index (κ2) is 9.21. The number of nitrogens with zero attached hydrogens (tertiary/aromatic N) is 4. The van der Waals surface area contributed by atoms with E-state index in [1.807, 2.05) is 0 Å². The third kappa shape index (κ3) is 5.42. The molecule has 30 heavy (non-hydrogen) atoms. The van der Waals surface area contributed by atoms with Crippen molar-refractivity contribution in [2.24, 2.45) is 11.8 Å². The summed E-state index contributed by atoms with van der Waals surface area (Å²) in [6.07, 6.45) is 4.64. The monoisotopic (exact) mass is 450 g/mol. The molecule has 2 amide bonds. The highest BCUT2D eigenvalue weighted by atomic mass is 35.5. The number of hydroxylamine groups is 2. The number of carbonyl (C=O) groups is 2. The van der Waals surface area contributed by atoms with E-state index in [1.165, 1.54) is 0 Å². The fourth-order valence-corrected chi connectivity index (χ4v) is 3.93. The molecule has 1 saturated carbocycles. The molecule has 0 radical (unpaired) electrons. The standard InChI is InChI=1S/C17H22ClF3N6O3/c18-16-22-13(12(19)14(23-16)26-7-17(20,21)8-26)24-25-15(29)11(6-27(30)9-28)5-10-3-1-2-4-10/h9-11,30H,1-8H2,(H,25,29)(H,22,23,24)/t11-/m1/s1. The average molecular weight is 451 g/mol. The van der Waals surface area contributed by atoms with Gasteiger partial charge < -0.3 is 4.90 Å². The fraction of sp³-hybridized carbons (Fsp3) is 0.647. The van der Waals surface area contributed by atoms with Crippen LogP contribution >= 0.6 is 11.6 Å².